The van der Waals surface area contributed by atoms with Gasteiger partial charge in [0.25, 0.3) is 0 Å². The summed E-state index contributed by atoms with van der Waals surface area (Å²) in [5, 5.41) is 6.30. The molecule has 0 aliphatic carbocycles. The van der Waals surface area contributed by atoms with E-state index >= 15 is 0 Å². The van der Waals surface area contributed by atoms with Crippen LogP contribution in [0, 0.1) is 0 Å². The normalized spacial score (nSPS) is 26.5. The molecule has 4 nitrogen and oxygen atoms in total. The van der Waals surface area contributed by atoms with E-state index in [0.717, 1.165) is 38.5 Å². The Bertz CT molecular complexity index is 507. The average molecular weight is 300 g/mol. The SMILES string of the molecule is O=C1CCCCC(c2ccccc2C2CCCCC(=O)N2)N1. The van der Waals surface area contributed by atoms with Crippen molar-refractivity contribution >= 4 is 11.8 Å². The van der Waals surface area contributed by atoms with Crippen LogP contribution < -0.4 is 10.6 Å². The van der Waals surface area contributed by atoms with Crippen molar-refractivity contribution in [3.63, 3.8) is 0 Å². The average Bonchev–Trinajstić information content (AvgIpc) is 2.87. The summed E-state index contributed by atoms with van der Waals surface area (Å²) in [6, 6.07) is 8.39. The van der Waals surface area contributed by atoms with Crippen LogP contribution in [0.5, 0.6) is 0 Å². The highest BCUT2D eigenvalue weighted by atomic mass is 16.2. The van der Waals surface area contributed by atoms with Gasteiger partial charge in [0.05, 0.1) is 12.1 Å². The number of benzene rings is 1. The minimum atomic E-state index is 0.0753. The second-order valence-corrected chi connectivity index (χ2v) is 6.36. The molecule has 2 N–H and O–H groups in total. The Balaban J connectivity index is 1.88. The van der Waals surface area contributed by atoms with Crippen LogP contribution in [0.2, 0.25) is 0 Å². The maximum atomic E-state index is 11.9. The van der Waals surface area contributed by atoms with E-state index < -0.39 is 0 Å². The molecule has 2 saturated heterocycles. The van der Waals surface area contributed by atoms with Crippen LogP contribution in [0.1, 0.15) is 74.6 Å². The largest absolute Gasteiger partial charge is 0.349 e. The topological polar surface area (TPSA) is 58.2 Å². The van der Waals surface area contributed by atoms with E-state index in [0.29, 0.717) is 12.8 Å². The van der Waals surface area contributed by atoms with Crippen molar-refractivity contribution in [2.75, 3.05) is 0 Å². The zero-order chi connectivity index (χ0) is 15.4. The van der Waals surface area contributed by atoms with Crippen molar-refractivity contribution in [3.05, 3.63) is 35.4 Å². The minimum Gasteiger partial charge on any atom is -0.349 e. The van der Waals surface area contributed by atoms with Gasteiger partial charge in [0.1, 0.15) is 0 Å². The van der Waals surface area contributed by atoms with Crippen molar-refractivity contribution in [1.82, 2.24) is 10.6 Å². The van der Waals surface area contributed by atoms with Gasteiger partial charge in [0.15, 0.2) is 0 Å². The molecule has 22 heavy (non-hydrogen) atoms. The Kier molecular flexibility index (Phi) is 4.76. The molecule has 1 aromatic rings. The molecule has 2 aliphatic heterocycles. The van der Waals surface area contributed by atoms with Gasteiger partial charge in [-0.1, -0.05) is 37.1 Å². The molecular formula is C18H24N2O2. The van der Waals surface area contributed by atoms with Crippen molar-refractivity contribution in [2.24, 2.45) is 0 Å². The van der Waals surface area contributed by atoms with Crippen molar-refractivity contribution in [3.8, 4) is 0 Å². The zero-order valence-electron chi connectivity index (χ0n) is 12.9. The van der Waals surface area contributed by atoms with E-state index in [4.69, 9.17) is 0 Å². The highest BCUT2D eigenvalue weighted by Gasteiger charge is 2.25. The molecule has 118 valence electrons. The monoisotopic (exact) mass is 300 g/mol. The van der Waals surface area contributed by atoms with Crippen LogP contribution in [0.25, 0.3) is 0 Å². The number of carbonyl (C=O) groups excluding carboxylic acids is 2. The molecule has 0 saturated carbocycles. The first-order chi connectivity index (χ1) is 10.7. The van der Waals surface area contributed by atoms with Crippen LogP contribution in [0.4, 0.5) is 0 Å². The molecule has 2 heterocycles. The van der Waals surface area contributed by atoms with Gasteiger partial charge in [-0.2, -0.15) is 0 Å². The fourth-order valence-electron chi connectivity index (χ4n) is 3.56. The lowest BCUT2D eigenvalue weighted by molar-refractivity contribution is -0.122. The van der Waals surface area contributed by atoms with E-state index in [9.17, 15) is 9.59 Å². The fraction of sp³-hybridized carbons (Fsp3) is 0.556. The quantitative estimate of drug-likeness (QED) is 0.881. The summed E-state index contributed by atoms with van der Waals surface area (Å²) in [7, 11) is 0. The molecule has 0 aromatic heterocycles. The zero-order valence-corrected chi connectivity index (χ0v) is 12.9. The number of nitrogens with one attached hydrogen (secondary N) is 2. The third-order valence-corrected chi connectivity index (χ3v) is 4.71. The Morgan fingerprint density at radius 2 is 1.18 bits per heavy atom. The first-order valence-corrected chi connectivity index (χ1v) is 8.41. The molecule has 2 aliphatic rings. The number of rotatable bonds is 2. The maximum absolute atomic E-state index is 11.9. The van der Waals surface area contributed by atoms with Crippen LogP contribution in [-0.4, -0.2) is 11.8 Å². The van der Waals surface area contributed by atoms with Crippen molar-refractivity contribution in [2.45, 2.75) is 63.5 Å². The standard InChI is InChI=1S/C18H24N2O2/c21-17-11-5-3-9-15(19-17)13-7-1-2-8-14(13)16-10-4-6-12-18(22)20-16/h1-2,7-8,15-16H,3-6,9-12H2,(H,19,21)(H,20,22). The third-order valence-electron chi connectivity index (χ3n) is 4.71. The Labute approximate surface area is 131 Å². The summed E-state index contributed by atoms with van der Waals surface area (Å²) in [5.74, 6) is 0.282. The highest BCUT2D eigenvalue weighted by molar-refractivity contribution is 5.77. The maximum Gasteiger partial charge on any atom is 0.220 e. The summed E-state index contributed by atoms with van der Waals surface area (Å²) < 4.78 is 0. The van der Waals surface area contributed by atoms with Gasteiger partial charge >= 0.3 is 0 Å². The lowest BCUT2D eigenvalue weighted by Gasteiger charge is -2.25. The first kappa shape index (κ1) is 15.1. The van der Waals surface area contributed by atoms with E-state index in [1.165, 1.54) is 11.1 Å². The molecule has 0 radical (unpaired) electrons. The molecule has 0 bridgehead atoms. The van der Waals surface area contributed by atoms with Gasteiger partial charge in [-0.15, -0.1) is 0 Å². The summed E-state index contributed by atoms with van der Waals surface area (Å²) in [4.78, 5) is 23.8. The van der Waals surface area contributed by atoms with Gasteiger partial charge in [0.2, 0.25) is 11.8 Å². The summed E-state index contributed by atoms with van der Waals surface area (Å²) in [6.07, 6.45) is 7.25. The van der Waals surface area contributed by atoms with E-state index in [1.54, 1.807) is 0 Å². The van der Waals surface area contributed by atoms with E-state index in [1.807, 2.05) is 12.1 Å². The van der Waals surface area contributed by atoms with Gasteiger partial charge in [-0.3, -0.25) is 9.59 Å². The Morgan fingerprint density at radius 1 is 0.727 bits per heavy atom. The predicted molar refractivity (Wildman–Crippen MR) is 85.1 cm³/mol. The molecule has 2 unspecified atom stereocenters. The molecular weight excluding hydrogens is 276 g/mol. The third kappa shape index (κ3) is 3.49. The molecule has 2 amide bonds. The second kappa shape index (κ2) is 6.95. The molecule has 4 heteroatoms. The second-order valence-electron chi connectivity index (χ2n) is 6.36. The van der Waals surface area contributed by atoms with E-state index in [-0.39, 0.29) is 23.9 Å². The number of carbonyl (C=O) groups is 2. The lowest BCUT2D eigenvalue weighted by Crippen LogP contribution is -2.30. The van der Waals surface area contributed by atoms with Gasteiger partial charge in [-0.05, 0) is 36.8 Å². The Morgan fingerprint density at radius 3 is 1.64 bits per heavy atom. The summed E-state index contributed by atoms with van der Waals surface area (Å²) in [6.45, 7) is 0. The summed E-state index contributed by atoms with van der Waals surface area (Å²) in [5.41, 5.74) is 2.34. The van der Waals surface area contributed by atoms with Crippen LogP contribution in [0.3, 0.4) is 0 Å². The number of amides is 2. The Hall–Kier alpha value is -1.84. The number of hydrogen-bond donors (Lipinski definition) is 2. The highest BCUT2D eigenvalue weighted by Crippen LogP contribution is 2.32. The van der Waals surface area contributed by atoms with Crippen molar-refractivity contribution < 1.29 is 9.59 Å². The molecule has 0 spiro atoms. The summed E-state index contributed by atoms with van der Waals surface area (Å²) >= 11 is 0. The molecule has 2 fully saturated rings. The smallest absolute Gasteiger partial charge is 0.220 e. The minimum absolute atomic E-state index is 0.0753. The van der Waals surface area contributed by atoms with Crippen LogP contribution >= 0.6 is 0 Å². The van der Waals surface area contributed by atoms with Crippen LogP contribution in [-0.2, 0) is 9.59 Å². The molecule has 2 atom stereocenters. The first-order valence-electron chi connectivity index (χ1n) is 8.41. The van der Waals surface area contributed by atoms with Crippen molar-refractivity contribution in [1.29, 1.82) is 0 Å². The van der Waals surface area contributed by atoms with E-state index in [2.05, 4.69) is 22.8 Å². The van der Waals surface area contributed by atoms with Gasteiger partial charge in [0, 0.05) is 12.8 Å². The number of hydrogen-bond acceptors (Lipinski definition) is 2. The predicted octanol–water partition coefficient (Wildman–Crippen LogP) is 3.15. The fourth-order valence-corrected chi connectivity index (χ4v) is 3.56. The molecule has 1 aromatic carbocycles. The van der Waals surface area contributed by atoms with Gasteiger partial charge < -0.3 is 10.6 Å². The van der Waals surface area contributed by atoms with Crippen LogP contribution in [0.15, 0.2) is 24.3 Å². The molecule has 3 rings (SSSR count). The lowest BCUT2D eigenvalue weighted by atomic mass is 9.91. The van der Waals surface area contributed by atoms with Gasteiger partial charge in [-0.25, -0.2) is 0 Å².